The maximum absolute atomic E-state index is 12.9. The van der Waals surface area contributed by atoms with Gasteiger partial charge in [0.05, 0.1) is 28.6 Å². The molecule has 0 radical (unpaired) electrons. The Morgan fingerprint density at radius 1 is 1.25 bits per heavy atom. The second kappa shape index (κ2) is 9.87. The fourth-order valence-electron chi connectivity index (χ4n) is 4.33. The van der Waals surface area contributed by atoms with E-state index in [0.29, 0.717) is 42.5 Å². The predicted octanol–water partition coefficient (Wildman–Crippen LogP) is 2.68. The molecule has 1 N–H and O–H groups in total. The minimum atomic E-state index is -1.21. The zero-order valence-electron chi connectivity index (χ0n) is 17.8. The highest BCUT2D eigenvalue weighted by atomic mass is 16.6. The first-order valence-corrected chi connectivity index (χ1v) is 11.0. The summed E-state index contributed by atoms with van der Waals surface area (Å²) in [5.41, 5.74) is 0.896. The van der Waals surface area contributed by atoms with Gasteiger partial charge in [-0.1, -0.05) is 19.3 Å². The Kier molecular flexibility index (Phi) is 6.75. The Morgan fingerprint density at radius 2 is 2.00 bits per heavy atom. The Hall–Kier alpha value is -3.32. The molecule has 1 aromatic carbocycles. The lowest BCUT2D eigenvalue weighted by atomic mass is 9.90. The topological polar surface area (TPSA) is 134 Å². The molecular formula is C22H26N6O4. The van der Waals surface area contributed by atoms with E-state index in [0.717, 1.165) is 38.8 Å². The van der Waals surface area contributed by atoms with Crippen LogP contribution in [0, 0.1) is 27.4 Å². The van der Waals surface area contributed by atoms with Gasteiger partial charge in [0.1, 0.15) is 5.69 Å². The van der Waals surface area contributed by atoms with Crippen LogP contribution in [-0.4, -0.2) is 53.6 Å². The van der Waals surface area contributed by atoms with E-state index >= 15 is 0 Å². The van der Waals surface area contributed by atoms with Gasteiger partial charge in [0.2, 0.25) is 0 Å². The van der Waals surface area contributed by atoms with Gasteiger partial charge in [0.15, 0.2) is 11.7 Å². The molecule has 1 saturated carbocycles. The summed E-state index contributed by atoms with van der Waals surface area (Å²) >= 11 is 0. The molecule has 4 rings (SSSR count). The molecule has 10 nitrogen and oxygen atoms in total. The van der Waals surface area contributed by atoms with Gasteiger partial charge in [0.25, 0.3) is 5.69 Å². The first-order valence-electron chi connectivity index (χ1n) is 11.0. The molecule has 0 amide bonds. The van der Waals surface area contributed by atoms with Crippen molar-refractivity contribution in [3.63, 3.8) is 0 Å². The van der Waals surface area contributed by atoms with Gasteiger partial charge in [-0.25, -0.2) is 9.97 Å². The molecule has 1 aromatic heterocycles. The number of nitriles is 1. The van der Waals surface area contributed by atoms with E-state index in [1.165, 1.54) is 24.6 Å². The Morgan fingerprint density at radius 3 is 2.69 bits per heavy atom. The zero-order chi connectivity index (χ0) is 22.5. The number of ether oxygens (including phenoxy) is 1. The van der Waals surface area contributed by atoms with Gasteiger partial charge >= 0.3 is 5.97 Å². The van der Waals surface area contributed by atoms with Crippen LogP contribution in [0.3, 0.4) is 0 Å². The summed E-state index contributed by atoms with van der Waals surface area (Å²) in [5.74, 6) is -1.09. The number of carbonyl (C=O) groups excluding carboxylic acids is 1. The molecule has 0 bridgehead atoms. The quantitative estimate of drug-likeness (QED) is 0.410. The molecule has 2 heterocycles. The Balaban J connectivity index is 1.67. The van der Waals surface area contributed by atoms with E-state index < -0.39 is 16.8 Å². The number of piperazine rings is 1. The van der Waals surface area contributed by atoms with Crippen molar-refractivity contribution in [3.05, 3.63) is 34.0 Å². The van der Waals surface area contributed by atoms with Crippen LogP contribution in [0.25, 0.3) is 11.0 Å². The van der Waals surface area contributed by atoms with E-state index in [-0.39, 0.29) is 11.4 Å². The second-order valence-corrected chi connectivity index (χ2v) is 8.30. The molecule has 1 saturated heterocycles. The Bertz CT molecular complexity index is 1040. The fraction of sp³-hybridized carbons (Fsp3) is 0.545. The van der Waals surface area contributed by atoms with Crippen molar-refractivity contribution in [1.29, 1.82) is 5.26 Å². The van der Waals surface area contributed by atoms with Gasteiger partial charge in [-0.3, -0.25) is 14.9 Å². The fourth-order valence-corrected chi connectivity index (χ4v) is 4.33. The summed E-state index contributed by atoms with van der Waals surface area (Å²) < 4.78 is 5.54. The third kappa shape index (κ3) is 4.78. The number of nitrogens with zero attached hydrogens (tertiary/aromatic N) is 5. The number of esters is 1. The van der Waals surface area contributed by atoms with Crippen molar-refractivity contribution >= 4 is 28.5 Å². The zero-order valence-corrected chi connectivity index (χ0v) is 17.8. The largest absolute Gasteiger partial charge is 0.464 e. The van der Waals surface area contributed by atoms with Gasteiger partial charge < -0.3 is 15.0 Å². The van der Waals surface area contributed by atoms with E-state index in [9.17, 15) is 20.2 Å². The smallest absolute Gasteiger partial charge is 0.329 e. The molecule has 1 aliphatic heterocycles. The molecule has 2 fully saturated rings. The summed E-state index contributed by atoms with van der Waals surface area (Å²) in [6.45, 7) is 3.00. The van der Waals surface area contributed by atoms with Crippen LogP contribution in [-0.2, 0) is 9.53 Å². The third-order valence-corrected chi connectivity index (χ3v) is 6.11. The number of hydrogen-bond donors (Lipinski definition) is 1. The number of aromatic nitrogens is 2. The van der Waals surface area contributed by atoms with E-state index in [4.69, 9.17) is 4.74 Å². The number of carbonyl (C=O) groups is 1. The summed E-state index contributed by atoms with van der Waals surface area (Å²) in [7, 11) is 0. The van der Waals surface area contributed by atoms with Gasteiger partial charge in [-0.2, -0.15) is 5.26 Å². The molecule has 32 heavy (non-hydrogen) atoms. The maximum Gasteiger partial charge on any atom is 0.329 e. The number of benzene rings is 1. The normalized spacial score (nSPS) is 18.2. The van der Waals surface area contributed by atoms with Crippen LogP contribution in [0.5, 0.6) is 0 Å². The number of rotatable bonds is 6. The number of fused-ring (bicyclic) bond motifs is 1. The third-order valence-electron chi connectivity index (χ3n) is 6.11. The van der Waals surface area contributed by atoms with E-state index in [2.05, 4.69) is 21.4 Å². The highest BCUT2D eigenvalue weighted by molar-refractivity contribution is 5.85. The lowest BCUT2D eigenvalue weighted by Gasteiger charge is -2.30. The number of nitro groups is 1. The Labute approximate surface area is 185 Å². The lowest BCUT2D eigenvalue weighted by Crippen LogP contribution is -2.44. The number of nitrogens with one attached hydrogen (secondary N) is 1. The van der Waals surface area contributed by atoms with E-state index in [1.807, 2.05) is 4.90 Å². The molecule has 2 aromatic rings. The first kappa shape index (κ1) is 21.9. The lowest BCUT2D eigenvalue weighted by molar-refractivity contribution is -0.384. The predicted molar refractivity (Wildman–Crippen MR) is 117 cm³/mol. The molecule has 168 valence electrons. The van der Waals surface area contributed by atoms with Crippen molar-refractivity contribution in [2.24, 2.45) is 5.92 Å². The highest BCUT2D eigenvalue weighted by Gasteiger charge is 2.31. The van der Waals surface area contributed by atoms with Crippen LogP contribution in [0.1, 0.15) is 43.7 Å². The van der Waals surface area contributed by atoms with Gasteiger partial charge in [-0.15, -0.1) is 0 Å². The minimum Gasteiger partial charge on any atom is -0.464 e. The number of non-ortho nitro benzene ring substituents is 1. The SMILES string of the molecule is N#CC(C(=O)OCC1CCCCC1)c1nc2ccc([N+](=O)[O-])cc2nc1N1CCNCC1. The molecule has 1 aliphatic carbocycles. The summed E-state index contributed by atoms with van der Waals surface area (Å²) in [4.78, 5) is 34.7. The van der Waals surface area contributed by atoms with Crippen LogP contribution in [0.15, 0.2) is 18.2 Å². The van der Waals surface area contributed by atoms with Crippen molar-refractivity contribution in [3.8, 4) is 6.07 Å². The molecule has 2 aliphatic rings. The number of hydrogen-bond acceptors (Lipinski definition) is 9. The van der Waals surface area contributed by atoms with Gasteiger partial charge in [0, 0.05) is 38.3 Å². The summed E-state index contributed by atoms with van der Waals surface area (Å²) in [6, 6.07) is 6.25. The van der Waals surface area contributed by atoms with Gasteiger partial charge in [-0.05, 0) is 24.8 Å². The average molecular weight is 438 g/mol. The summed E-state index contributed by atoms with van der Waals surface area (Å²) in [5, 5.41) is 24.3. The van der Waals surface area contributed by atoms with Crippen molar-refractivity contribution in [2.75, 3.05) is 37.7 Å². The van der Waals surface area contributed by atoms with Crippen LogP contribution in [0.2, 0.25) is 0 Å². The van der Waals surface area contributed by atoms with Crippen LogP contribution >= 0.6 is 0 Å². The van der Waals surface area contributed by atoms with E-state index in [1.54, 1.807) is 0 Å². The summed E-state index contributed by atoms with van der Waals surface area (Å²) in [6.07, 6.45) is 5.55. The van der Waals surface area contributed by atoms with Crippen molar-refractivity contribution in [2.45, 2.75) is 38.0 Å². The molecule has 10 heteroatoms. The molecule has 1 atom stereocenters. The van der Waals surface area contributed by atoms with Crippen LogP contribution < -0.4 is 10.2 Å². The average Bonchev–Trinajstić information content (AvgIpc) is 2.83. The molecular weight excluding hydrogens is 412 g/mol. The van der Waals surface area contributed by atoms with Crippen molar-refractivity contribution in [1.82, 2.24) is 15.3 Å². The standard InChI is InChI=1S/C22H26N6O4/c23-13-17(22(29)32-14-15-4-2-1-3-5-15)20-21(27-10-8-24-9-11-27)26-19-12-16(28(30)31)6-7-18(19)25-20/h6-7,12,15,17,24H,1-5,8-11,14H2. The number of nitro benzene ring substituents is 1. The molecule has 1 unspecified atom stereocenters. The second-order valence-electron chi connectivity index (χ2n) is 8.30. The highest BCUT2D eigenvalue weighted by Crippen LogP contribution is 2.30. The monoisotopic (exact) mass is 438 g/mol. The first-order chi connectivity index (χ1) is 15.6. The van der Waals surface area contributed by atoms with Crippen LogP contribution in [0.4, 0.5) is 11.5 Å². The van der Waals surface area contributed by atoms with Crippen molar-refractivity contribution < 1.29 is 14.5 Å². The number of anilines is 1. The maximum atomic E-state index is 12.9. The minimum absolute atomic E-state index is 0.0884. The molecule has 0 spiro atoms.